The summed E-state index contributed by atoms with van der Waals surface area (Å²) >= 11 is 0. The second-order valence-corrected chi connectivity index (χ2v) is 11.6. The van der Waals surface area contributed by atoms with Crippen LogP contribution in [0.4, 0.5) is 0 Å². The fourth-order valence-electron chi connectivity index (χ4n) is 6.83. The minimum atomic E-state index is 0.431. The zero-order valence-corrected chi connectivity index (χ0v) is 22.0. The Bertz CT molecular complexity index is 737. The standard InChI is InChI=1S/C30H48N4/c1-32(28-12-6-3-7-13-28)21-25-18-26(22-33(2)29-14-8-4-9-15-29)20-27(19-25)23-34(24-31)30-16-10-5-11-17-30/h18-20,28-30H,3-17,21-23H2,1-2H3. The Morgan fingerprint density at radius 2 is 0.941 bits per heavy atom. The average molecular weight is 465 g/mol. The average Bonchev–Trinajstić information content (AvgIpc) is 2.88. The van der Waals surface area contributed by atoms with E-state index in [4.69, 9.17) is 0 Å². The van der Waals surface area contributed by atoms with Gasteiger partial charge in [0.2, 0.25) is 0 Å². The zero-order valence-electron chi connectivity index (χ0n) is 22.0. The van der Waals surface area contributed by atoms with Gasteiger partial charge in [-0.2, -0.15) is 5.26 Å². The highest BCUT2D eigenvalue weighted by molar-refractivity contribution is 5.31. The van der Waals surface area contributed by atoms with Gasteiger partial charge in [-0.3, -0.25) is 9.80 Å². The van der Waals surface area contributed by atoms with Crippen molar-refractivity contribution >= 4 is 0 Å². The minimum absolute atomic E-state index is 0.431. The fourth-order valence-corrected chi connectivity index (χ4v) is 6.83. The van der Waals surface area contributed by atoms with Crippen LogP contribution in [0.3, 0.4) is 0 Å². The molecule has 3 aliphatic carbocycles. The monoisotopic (exact) mass is 464 g/mol. The summed E-state index contributed by atoms with van der Waals surface area (Å²) in [7, 11) is 4.64. The minimum Gasteiger partial charge on any atom is -0.303 e. The molecular formula is C30H48N4. The topological polar surface area (TPSA) is 33.5 Å². The molecule has 0 unspecified atom stereocenters. The molecule has 4 nitrogen and oxygen atoms in total. The van der Waals surface area contributed by atoms with E-state index in [1.54, 1.807) is 0 Å². The summed E-state index contributed by atoms with van der Waals surface area (Å²) in [4.78, 5) is 7.27. The highest BCUT2D eigenvalue weighted by Crippen LogP contribution is 2.27. The molecule has 0 bridgehead atoms. The van der Waals surface area contributed by atoms with E-state index in [1.165, 1.54) is 113 Å². The van der Waals surface area contributed by atoms with Gasteiger partial charge >= 0.3 is 0 Å². The van der Waals surface area contributed by atoms with E-state index in [0.29, 0.717) is 6.04 Å². The number of nitrogens with zero attached hydrogens (tertiary/aromatic N) is 4. The van der Waals surface area contributed by atoms with Crippen molar-refractivity contribution in [1.29, 1.82) is 5.26 Å². The third-order valence-electron chi connectivity index (χ3n) is 8.87. The molecule has 1 aromatic rings. The number of nitriles is 1. The van der Waals surface area contributed by atoms with Crippen molar-refractivity contribution in [3.63, 3.8) is 0 Å². The van der Waals surface area contributed by atoms with Crippen LogP contribution in [0.5, 0.6) is 0 Å². The highest BCUT2D eigenvalue weighted by Gasteiger charge is 2.23. The highest BCUT2D eigenvalue weighted by atomic mass is 15.2. The molecule has 4 rings (SSSR count). The third kappa shape index (κ3) is 7.22. The van der Waals surface area contributed by atoms with Crippen molar-refractivity contribution < 1.29 is 0 Å². The molecule has 0 amide bonds. The van der Waals surface area contributed by atoms with Gasteiger partial charge in [-0.15, -0.1) is 0 Å². The van der Waals surface area contributed by atoms with Crippen LogP contribution >= 0.6 is 0 Å². The Morgan fingerprint density at radius 1 is 0.588 bits per heavy atom. The van der Waals surface area contributed by atoms with E-state index in [2.05, 4.69) is 53.2 Å². The molecule has 3 fully saturated rings. The Morgan fingerprint density at radius 3 is 1.32 bits per heavy atom. The van der Waals surface area contributed by atoms with E-state index in [-0.39, 0.29) is 0 Å². The molecule has 0 heterocycles. The Hall–Kier alpha value is -1.57. The first-order valence-corrected chi connectivity index (χ1v) is 14.3. The van der Waals surface area contributed by atoms with E-state index in [1.807, 2.05) is 0 Å². The quantitative estimate of drug-likeness (QED) is 0.296. The lowest BCUT2D eigenvalue weighted by Gasteiger charge is -2.33. The van der Waals surface area contributed by atoms with Crippen LogP contribution in [0, 0.1) is 11.5 Å². The van der Waals surface area contributed by atoms with Crippen LogP contribution in [0.1, 0.15) is 113 Å². The first-order chi connectivity index (χ1) is 16.6. The van der Waals surface area contributed by atoms with Gasteiger partial charge in [0.15, 0.2) is 6.19 Å². The number of hydrogen-bond donors (Lipinski definition) is 0. The second kappa shape index (κ2) is 12.9. The van der Waals surface area contributed by atoms with Gasteiger partial charge in [0.05, 0.1) is 6.54 Å². The summed E-state index contributed by atoms with van der Waals surface area (Å²) in [5.74, 6) is 0. The van der Waals surface area contributed by atoms with Crippen molar-refractivity contribution in [3.8, 4) is 6.19 Å². The van der Waals surface area contributed by atoms with Crippen LogP contribution in [0.2, 0.25) is 0 Å². The van der Waals surface area contributed by atoms with E-state index in [9.17, 15) is 5.26 Å². The molecule has 0 N–H and O–H groups in total. The molecule has 0 aliphatic heterocycles. The molecule has 0 radical (unpaired) electrons. The summed E-state index contributed by atoms with van der Waals surface area (Å²) in [5.41, 5.74) is 4.19. The molecule has 0 saturated heterocycles. The van der Waals surface area contributed by atoms with E-state index in [0.717, 1.165) is 31.7 Å². The SMILES string of the molecule is CN(Cc1cc(CN(C)C2CCCCC2)cc(CN(C#N)C2CCCCC2)c1)C1CCCCC1. The molecule has 1 aromatic carbocycles. The zero-order chi connectivity index (χ0) is 23.8. The van der Waals surface area contributed by atoms with E-state index < -0.39 is 0 Å². The van der Waals surface area contributed by atoms with E-state index >= 15 is 0 Å². The van der Waals surface area contributed by atoms with Gasteiger partial charge in [0.1, 0.15) is 0 Å². The van der Waals surface area contributed by atoms with Crippen molar-refractivity contribution in [2.24, 2.45) is 0 Å². The van der Waals surface area contributed by atoms with Gasteiger partial charge in [-0.1, -0.05) is 76.0 Å². The molecule has 4 heteroatoms. The predicted molar refractivity (Wildman–Crippen MR) is 141 cm³/mol. The number of benzene rings is 1. The second-order valence-electron chi connectivity index (χ2n) is 11.6. The molecule has 0 aromatic heterocycles. The van der Waals surface area contributed by atoms with Gasteiger partial charge in [-0.25, -0.2) is 0 Å². The van der Waals surface area contributed by atoms with Crippen LogP contribution in [0.15, 0.2) is 18.2 Å². The largest absolute Gasteiger partial charge is 0.303 e. The van der Waals surface area contributed by atoms with Crippen molar-refractivity contribution in [1.82, 2.24) is 14.7 Å². The molecule has 34 heavy (non-hydrogen) atoms. The summed E-state index contributed by atoms with van der Waals surface area (Å²) in [6.07, 6.45) is 22.5. The summed E-state index contributed by atoms with van der Waals surface area (Å²) in [6.45, 7) is 2.81. The summed E-state index contributed by atoms with van der Waals surface area (Å²) in [5, 5.41) is 9.97. The maximum absolute atomic E-state index is 9.97. The lowest BCUT2D eigenvalue weighted by atomic mass is 9.93. The molecule has 3 saturated carbocycles. The Kier molecular flexibility index (Phi) is 9.71. The first-order valence-electron chi connectivity index (χ1n) is 14.3. The van der Waals surface area contributed by atoms with Crippen molar-refractivity contribution in [2.45, 2.75) is 134 Å². The smallest absolute Gasteiger partial charge is 0.179 e. The van der Waals surface area contributed by atoms with Gasteiger partial charge in [-0.05, 0) is 69.3 Å². The maximum atomic E-state index is 9.97. The molecular weight excluding hydrogens is 416 g/mol. The predicted octanol–water partition coefficient (Wildman–Crippen LogP) is 6.83. The lowest BCUT2D eigenvalue weighted by molar-refractivity contribution is 0.181. The Balaban J connectivity index is 1.50. The molecule has 0 spiro atoms. The summed E-state index contributed by atoms with van der Waals surface area (Å²) in [6, 6.07) is 9.14. The van der Waals surface area contributed by atoms with Gasteiger partial charge in [0, 0.05) is 31.2 Å². The molecule has 3 aliphatic rings. The molecule has 188 valence electrons. The van der Waals surface area contributed by atoms with Crippen LogP contribution in [-0.2, 0) is 19.6 Å². The number of rotatable bonds is 9. The van der Waals surface area contributed by atoms with Crippen LogP contribution in [0.25, 0.3) is 0 Å². The van der Waals surface area contributed by atoms with Crippen molar-refractivity contribution in [2.75, 3.05) is 14.1 Å². The lowest BCUT2D eigenvalue weighted by Crippen LogP contribution is -2.34. The van der Waals surface area contributed by atoms with Crippen LogP contribution in [-0.4, -0.2) is 46.9 Å². The van der Waals surface area contributed by atoms with Crippen LogP contribution < -0.4 is 0 Å². The maximum Gasteiger partial charge on any atom is 0.179 e. The number of hydrogen-bond acceptors (Lipinski definition) is 4. The first kappa shape index (κ1) is 25.5. The Labute approximate surface area is 209 Å². The van der Waals surface area contributed by atoms with Gasteiger partial charge in [0.25, 0.3) is 0 Å². The van der Waals surface area contributed by atoms with Crippen molar-refractivity contribution in [3.05, 3.63) is 34.9 Å². The summed E-state index contributed by atoms with van der Waals surface area (Å²) < 4.78 is 0. The van der Waals surface area contributed by atoms with Gasteiger partial charge < -0.3 is 4.90 Å². The fraction of sp³-hybridized carbons (Fsp3) is 0.767. The normalized spacial score (nSPS) is 21.1. The molecule has 0 atom stereocenters. The third-order valence-corrected chi connectivity index (χ3v) is 8.87.